The lowest BCUT2D eigenvalue weighted by Gasteiger charge is -2.18. The first-order valence-electron chi connectivity index (χ1n) is 18.0. The largest absolute Gasteiger partial charge is 0.309 e. The summed E-state index contributed by atoms with van der Waals surface area (Å²) in [5, 5.41) is 17.8. The second-order valence-electron chi connectivity index (χ2n) is 13.6. The van der Waals surface area contributed by atoms with Crippen LogP contribution in [0, 0.1) is 11.3 Å². The first kappa shape index (κ1) is 30.6. The van der Waals surface area contributed by atoms with Crippen LogP contribution in [0.25, 0.3) is 93.5 Å². The normalized spacial score (nSPS) is 11.4. The maximum absolute atomic E-state index is 10.4. The van der Waals surface area contributed by atoms with Crippen molar-refractivity contribution in [2.75, 3.05) is 0 Å². The van der Waals surface area contributed by atoms with Gasteiger partial charge in [0, 0.05) is 16.5 Å². The standard InChI is InChI=1S/C51H32N2/c52-33-39-32-37(27-30-41(39)34-25-28-40(29-26-34)53-48-23-10-8-17-42(48)43-18-9-11-24-49(43)53)36-15-12-16-38(31-36)51-46-21-6-4-19-44(46)50(35-13-2-1-3-14-35)45-20-5-7-22-47(45)51/h1-32H. The molecule has 10 rings (SSSR count). The molecule has 53 heavy (non-hydrogen) atoms. The predicted octanol–water partition coefficient (Wildman–Crippen LogP) is 13.6. The third kappa shape index (κ3) is 5.02. The zero-order chi connectivity index (χ0) is 35.3. The number of rotatable bonds is 5. The number of benzene rings is 9. The fourth-order valence-electron chi connectivity index (χ4n) is 8.27. The molecule has 0 fully saturated rings. The van der Waals surface area contributed by atoms with E-state index in [1.54, 1.807) is 0 Å². The molecule has 0 radical (unpaired) electrons. The molecule has 0 aliphatic carbocycles. The molecule has 2 nitrogen and oxygen atoms in total. The van der Waals surface area contributed by atoms with Gasteiger partial charge in [-0.3, -0.25) is 0 Å². The minimum absolute atomic E-state index is 0.653. The predicted molar refractivity (Wildman–Crippen MR) is 222 cm³/mol. The lowest BCUT2D eigenvalue weighted by Crippen LogP contribution is -1.94. The molecule has 1 heterocycles. The van der Waals surface area contributed by atoms with Gasteiger partial charge in [-0.25, -0.2) is 0 Å². The molecule has 246 valence electrons. The molecule has 1 aromatic heterocycles. The Morgan fingerprint density at radius 3 is 1.38 bits per heavy atom. The van der Waals surface area contributed by atoms with Gasteiger partial charge in [-0.05, 0) is 102 Å². The van der Waals surface area contributed by atoms with E-state index in [1.807, 2.05) is 6.07 Å². The fourth-order valence-corrected chi connectivity index (χ4v) is 8.27. The molecule has 2 heteroatoms. The summed E-state index contributed by atoms with van der Waals surface area (Å²) in [7, 11) is 0. The summed E-state index contributed by atoms with van der Waals surface area (Å²) in [5.41, 5.74) is 13.0. The Labute approximate surface area is 308 Å². The average Bonchev–Trinajstić information content (AvgIpc) is 3.57. The second kappa shape index (κ2) is 12.5. The van der Waals surface area contributed by atoms with Crippen molar-refractivity contribution < 1.29 is 0 Å². The maximum Gasteiger partial charge on any atom is 0.0998 e. The first-order chi connectivity index (χ1) is 26.3. The molecule has 10 aromatic rings. The van der Waals surface area contributed by atoms with Crippen molar-refractivity contribution in [3.63, 3.8) is 0 Å². The molecule has 0 saturated heterocycles. The van der Waals surface area contributed by atoms with E-state index in [4.69, 9.17) is 0 Å². The van der Waals surface area contributed by atoms with Crippen LogP contribution < -0.4 is 0 Å². The SMILES string of the molecule is N#Cc1cc(-c2cccc(-c3c4ccccc4c(-c4ccccc4)c4ccccc34)c2)ccc1-c1ccc(-n2c3ccccc3c3ccccc32)cc1. The summed E-state index contributed by atoms with van der Waals surface area (Å²) < 4.78 is 2.32. The number of nitrogens with zero attached hydrogens (tertiary/aromatic N) is 2. The Kier molecular flexibility index (Phi) is 7.23. The van der Waals surface area contributed by atoms with E-state index in [1.165, 1.54) is 60.0 Å². The maximum atomic E-state index is 10.4. The van der Waals surface area contributed by atoms with Crippen LogP contribution in [0.3, 0.4) is 0 Å². The quantitative estimate of drug-likeness (QED) is 0.167. The first-order valence-corrected chi connectivity index (χ1v) is 18.0. The van der Waals surface area contributed by atoms with Crippen molar-refractivity contribution in [2.45, 2.75) is 0 Å². The smallest absolute Gasteiger partial charge is 0.0998 e. The summed E-state index contributed by atoms with van der Waals surface area (Å²) in [6.45, 7) is 0. The van der Waals surface area contributed by atoms with Gasteiger partial charge in [-0.2, -0.15) is 5.26 Å². The molecule has 0 saturated carbocycles. The monoisotopic (exact) mass is 672 g/mol. The molecular weight excluding hydrogens is 641 g/mol. The second-order valence-corrected chi connectivity index (χ2v) is 13.6. The van der Waals surface area contributed by atoms with Crippen molar-refractivity contribution in [1.82, 2.24) is 4.57 Å². The number of hydrogen-bond acceptors (Lipinski definition) is 1. The van der Waals surface area contributed by atoms with Crippen molar-refractivity contribution in [2.24, 2.45) is 0 Å². The topological polar surface area (TPSA) is 28.7 Å². The highest BCUT2D eigenvalue weighted by Gasteiger charge is 2.17. The van der Waals surface area contributed by atoms with Gasteiger partial charge in [-0.15, -0.1) is 0 Å². The van der Waals surface area contributed by atoms with Crippen LogP contribution in [0.2, 0.25) is 0 Å². The average molecular weight is 673 g/mol. The summed E-state index contributed by atoms with van der Waals surface area (Å²) in [6, 6.07) is 71.4. The molecule has 0 amide bonds. The van der Waals surface area contributed by atoms with E-state index < -0.39 is 0 Å². The number of fused-ring (bicyclic) bond motifs is 5. The third-order valence-corrected chi connectivity index (χ3v) is 10.6. The van der Waals surface area contributed by atoms with Crippen LogP contribution in [-0.2, 0) is 0 Å². The van der Waals surface area contributed by atoms with Gasteiger partial charge in [0.2, 0.25) is 0 Å². The van der Waals surface area contributed by atoms with Gasteiger partial charge in [0.1, 0.15) is 0 Å². The number of aromatic nitrogens is 1. The van der Waals surface area contributed by atoms with Gasteiger partial charge in [-0.1, -0.05) is 158 Å². The van der Waals surface area contributed by atoms with Crippen LogP contribution in [0.1, 0.15) is 5.56 Å². The van der Waals surface area contributed by atoms with E-state index in [2.05, 4.69) is 199 Å². The molecular formula is C51H32N2. The highest BCUT2D eigenvalue weighted by Crippen LogP contribution is 2.44. The van der Waals surface area contributed by atoms with Crippen LogP contribution in [0.4, 0.5) is 0 Å². The summed E-state index contributed by atoms with van der Waals surface area (Å²) in [5.74, 6) is 0. The van der Waals surface area contributed by atoms with E-state index in [-0.39, 0.29) is 0 Å². The van der Waals surface area contributed by atoms with Crippen LogP contribution in [-0.4, -0.2) is 4.57 Å². The Morgan fingerprint density at radius 2 is 0.792 bits per heavy atom. The highest BCUT2D eigenvalue weighted by atomic mass is 15.0. The van der Waals surface area contributed by atoms with E-state index >= 15 is 0 Å². The minimum atomic E-state index is 0.653. The molecule has 0 atom stereocenters. The van der Waals surface area contributed by atoms with E-state index in [9.17, 15) is 5.26 Å². The molecule has 0 bridgehead atoms. The van der Waals surface area contributed by atoms with Gasteiger partial charge < -0.3 is 4.57 Å². The zero-order valence-electron chi connectivity index (χ0n) is 28.9. The Bertz CT molecular complexity index is 2940. The van der Waals surface area contributed by atoms with Crippen molar-refractivity contribution in [3.05, 3.63) is 200 Å². The Balaban J connectivity index is 1.05. The van der Waals surface area contributed by atoms with Gasteiger partial charge in [0.05, 0.1) is 22.7 Å². The summed E-state index contributed by atoms with van der Waals surface area (Å²) in [6.07, 6.45) is 0. The molecule has 0 aliphatic heterocycles. The molecule has 9 aromatic carbocycles. The van der Waals surface area contributed by atoms with E-state index in [0.717, 1.165) is 33.5 Å². The Morgan fingerprint density at radius 1 is 0.340 bits per heavy atom. The van der Waals surface area contributed by atoms with Crippen molar-refractivity contribution in [1.29, 1.82) is 5.26 Å². The number of nitriles is 1. The summed E-state index contributed by atoms with van der Waals surface area (Å²) in [4.78, 5) is 0. The van der Waals surface area contributed by atoms with Gasteiger partial charge in [0.15, 0.2) is 0 Å². The van der Waals surface area contributed by atoms with Crippen LogP contribution in [0.5, 0.6) is 0 Å². The summed E-state index contributed by atoms with van der Waals surface area (Å²) >= 11 is 0. The van der Waals surface area contributed by atoms with Crippen LogP contribution in [0.15, 0.2) is 194 Å². The van der Waals surface area contributed by atoms with Gasteiger partial charge >= 0.3 is 0 Å². The zero-order valence-corrected chi connectivity index (χ0v) is 28.9. The molecule has 0 aliphatic rings. The van der Waals surface area contributed by atoms with Crippen molar-refractivity contribution >= 4 is 43.4 Å². The van der Waals surface area contributed by atoms with E-state index in [0.29, 0.717) is 5.56 Å². The molecule has 0 spiro atoms. The van der Waals surface area contributed by atoms with Crippen LogP contribution >= 0.6 is 0 Å². The third-order valence-electron chi connectivity index (χ3n) is 10.6. The molecule has 0 N–H and O–H groups in total. The lowest BCUT2D eigenvalue weighted by atomic mass is 9.85. The minimum Gasteiger partial charge on any atom is -0.309 e. The van der Waals surface area contributed by atoms with Crippen molar-refractivity contribution in [3.8, 4) is 56.3 Å². The highest BCUT2D eigenvalue weighted by molar-refractivity contribution is 6.21. The number of para-hydroxylation sites is 2. The van der Waals surface area contributed by atoms with Gasteiger partial charge in [0.25, 0.3) is 0 Å². The molecule has 0 unspecified atom stereocenters. The lowest BCUT2D eigenvalue weighted by molar-refractivity contribution is 1.18. The Hall–Kier alpha value is -7.21. The number of hydrogen-bond donors (Lipinski definition) is 0. The fraction of sp³-hybridized carbons (Fsp3) is 0.